The van der Waals surface area contributed by atoms with Crippen LogP contribution in [0, 0.1) is 0 Å². The zero-order valence-electron chi connectivity index (χ0n) is 9.10. The van der Waals surface area contributed by atoms with Crippen molar-refractivity contribution < 1.29 is 13.3 Å². The van der Waals surface area contributed by atoms with Gasteiger partial charge in [0.25, 0.3) is 10.0 Å². The molecule has 17 heavy (non-hydrogen) atoms. The summed E-state index contributed by atoms with van der Waals surface area (Å²) in [6.07, 6.45) is 1.70. The molecule has 1 aromatic rings. The van der Waals surface area contributed by atoms with Crippen molar-refractivity contribution in [2.75, 3.05) is 18.9 Å². The van der Waals surface area contributed by atoms with Crippen LogP contribution < -0.4 is 5.73 Å². The van der Waals surface area contributed by atoms with Gasteiger partial charge in [0.05, 0.1) is 11.5 Å². The lowest BCUT2D eigenvalue weighted by Gasteiger charge is -2.25. The van der Waals surface area contributed by atoms with Gasteiger partial charge in [0.2, 0.25) is 0 Å². The Hall–Kier alpha value is -0.630. The van der Waals surface area contributed by atoms with Crippen molar-refractivity contribution in [1.82, 2.24) is 4.47 Å². The van der Waals surface area contributed by atoms with Crippen molar-refractivity contribution in [1.29, 1.82) is 0 Å². The summed E-state index contributed by atoms with van der Waals surface area (Å²) in [6, 6.07) is 4.60. The summed E-state index contributed by atoms with van der Waals surface area (Å²) in [5, 5.41) is 0. The number of anilines is 1. The maximum Gasteiger partial charge on any atom is 0.266 e. The molecule has 0 radical (unpaired) electrons. The third-order valence-electron chi connectivity index (χ3n) is 2.47. The van der Waals surface area contributed by atoms with E-state index in [2.05, 4.69) is 15.9 Å². The summed E-state index contributed by atoms with van der Waals surface area (Å²) in [5.41, 5.74) is 6.09. The minimum absolute atomic E-state index is 0.175. The fourth-order valence-corrected chi connectivity index (χ4v) is 3.96. The maximum atomic E-state index is 12.2. The molecule has 0 amide bonds. The minimum atomic E-state index is -3.60. The lowest BCUT2D eigenvalue weighted by atomic mass is 10.3. The van der Waals surface area contributed by atoms with E-state index in [4.69, 9.17) is 10.6 Å². The highest BCUT2D eigenvalue weighted by molar-refractivity contribution is 9.10. The lowest BCUT2D eigenvalue weighted by molar-refractivity contribution is -0.108. The monoisotopic (exact) mass is 320 g/mol. The Bertz CT molecular complexity index is 512. The summed E-state index contributed by atoms with van der Waals surface area (Å²) in [5.74, 6) is 0. The molecule has 7 heteroatoms. The molecular weight excluding hydrogens is 308 g/mol. The number of hydrogen-bond acceptors (Lipinski definition) is 4. The Morgan fingerprint density at radius 1 is 1.35 bits per heavy atom. The molecule has 0 atom stereocenters. The van der Waals surface area contributed by atoms with Crippen molar-refractivity contribution in [3.63, 3.8) is 0 Å². The number of halogens is 1. The number of nitrogens with two attached hydrogens (primary N) is 1. The van der Waals surface area contributed by atoms with Gasteiger partial charge >= 0.3 is 0 Å². The van der Waals surface area contributed by atoms with Crippen LogP contribution >= 0.6 is 15.9 Å². The summed E-state index contributed by atoms with van der Waals surface area (Å²) < 4.78 is 26.0. The largest absolute Gasteiger partial charge is 0.399 e. The number of hydroxylamine groups is 1. The molecule has 5 nitrogen and oxygen atoms in total. The van der Waals surface area contributed by atoms with Crippen LogP contribution in [0.1, 0.15) is 12.8 Å². The number of sulfonamides is 1. The van der Waals surface area contributed by atoms with E-state index in [1.807, 2.05) is 0 Å². The molecule has 0 bridgehead atoms. The van der Waals surface area contributed by atoms with Crippen LogP contribution in [0.5, 0.6) is 0 Å². The van der Waals surface area contributed by atoms with Gasteiger partial charge in [0, 0.05) is 16.7 Å². The maximum absolute atomic E-state index is 12.2. The van der Waals surface area contributed by atoms with E-state index in [0.717, 1.165) is 17.3 Å². The van der Waals surface area contributed by atoms with Gasteiger partial charge in [0.15, 0.2) is 0 Å². The Morgan fingerprint density at radius 3 is 2.71 bits per heavy atom. The van der Waals surface area contributed by atoms with Gasteiger partial charge in [-0.3, -0.25) is 4.84 Å². The zero-order valence-corrected chi connectivity index (χ0v) is 11.5. The molecule has 1 fully saturated rings. The first-order chi connectivity index (χ1) is 8.01. The fraction of sp³-hybridized carbons (Fsp3) is 0.400. The number of hydrogen-bond donors (Lipinski definition) is 1. The van der Waals surface area contributed by atoms with E-state index in [9.17, 15) is 8.42 Å². The first kappa shape index (κ1) is 12.8. The van der Waals surface area contributed by atoms with E-state index < -0.39 is 10.0 Å². The zero-order chi connectivity index (χ0) is 12.5. The number of rotatable bonds is 2. The van der Waals surface area contributed by atoms with Crippen LogP contribution in [0.3, 0.4) is 0 Å². The van der Waals surface area contributed by atoms with Gasteiger partial charge in [-0.2, -0.15) is 0 Å². The fourth-order valence-electron chi connectivity index (χ4n) is 1.60. The average molecular weight is 321 g/mol. The SMILES string of the molecule is Nc1ccc(S(=O)(=O)N2CCCCO2)c(Br)c1. The van der Waals surface area contributed by atoms with Crippen molar-refractivity contribution in [2.24, 2.45) is 0 Å². The van der Waals surface area contributed by atoms with E-state index in [0.29, 0.717) is 23.3 Å². The standard InChI is InChI=1S/C10H13BrN2O3S/c11-9-7-8(12)3-4-10(9)17(14,15)13-5-1-2-6-16-13/h3-4,7H,1-2,5-6,12H2. The summed E-state index contributed by atoms with van der Waals surface area (Å²) in [6.45, 7) is 0.824. The van der Waals surface area contributed by atoms with Crippen LogP contribution in [0.2, 0.25) is 0 Å². The number of benzene rings is 1. The molecule has 0 aromatic heterocycles. The summed E-state index contributed by atoms with van der Waals surface area (Å²) in [7, 11) is -3.60. The average Bonchev–Trinajstić information content (AvgIpc) is 2.29. The second kappa shape index (κ2) is 4.93. The Balaban J connectivity index is 2.37. The molecule has 94 valence electrons. The van der Waals surface area contributed by atoms with Crippen molar-refractivity contribution in [2.45, 2.75) is 17.7 Å². The second-order valence-electron chi connectivity index (χ2n) is 3.76. The first-order valence-electron chi connectivity index (χ1n) is 5.22. The molecule has 2 rings (SSSR count). The van der Waals surface area contributed by atoms with E-state index in [1.165, 1.54) is 6.07 Å². The van der Waals surface area contributed by atoms with E-state index >= 15 is 0 Å². The second-order valence-corrected chi connectivity index (χ2v) is 6.41. The highest BCUT2D eigenvalue weighted by atomic mass is 79.9. The van der Waals surface area contributed by atoms with Crippen LogP contribution in [0.15, 0.2) is 27.6 Å². The summed E-state index contributed by atoms with van der Waals surface area (Å²) in [4.78, 5) is 5.35. The Kier molecular flexibility index (Phi) is 3.72. The molecule has 0 unspecified atom stereocenters. The minimum Gasteiger partial charge on any atom is -0.399 e. The molecule has 1 aromatic carbocycles. The molecule has 1 saturated heterocycles. The quantitative estimate of drug-likeness (QED) is 0.842. The molecule has 2 N–H and O–H groups in total. The topological polar surface area (TPSA) is 72.6 Å². The molecule has 1 aliphatic heterocycles. The molecule has 0 saturated carbocycles. The lowest BCUT2D eigenvalue weighted by Crippen LogP contribution is -2.35. The van der Waals surface area contributed by atoms with Crippen LogP contribution in [-0.4, -0.2) is 26.0 Å². The van der Waals surface area contributed by atoms with Gasteiger partial charge in [0.1, 0.15) is 0 Å². The van der Waals surface area contributed by atoms with Gasteiger partial charge in [-0.25, -0.2) is 8.42 Å². The molecule has 0 aliphatic carbocycles. The van der Waals surface area contributed by atoms with Gasteiger partial charge in [-0.15, -0.1) is 0 Å². The predicted octanol–water partition coefficient (Wildman–Crippen LogP) is 1.75. The van der Waals surface area contributed by atoms with Gasteiger partial charge in [-0.1, -0.05) is 4.47 Å². The molecule has 0 spiro atoms. The summed E-state index contributed by atoms with van der Waals surface area (Å²) >= 11 is 3.21. The van der Waals surface area contributed by atoms with E-state index in [1.54, 1.807) is 12.1 Å². The Labute approximate surface area is 109 Å². The molecular formula is C10H13BrN2O3S. The predicted molar refractivity (Wildman–Crippen MR) is 67.6 cm³/mol. The van der Waals surface area contributed by atoms with Crippen molar-refractivity contribution >= 4 is 31.6 Å². The van der Waals surface area contributed by atoms with Crippen LogP contribution in [0.4, 0.5) is 5.69 Å². The van der Waals surface area contributed by atoms with Gasteiger partial charge in [-0.05, 0) is 47.0 Å². The first-order valence-corrected chi connectivity index (χ1v) is 7.46. The molecule has 1 aliphatic rings. The van der Waals surface area contributed by atoms with Crippen LogP contribution in [-0.2, 0) is 14.9 Å². The van der Waals surface area contributed by atoms with Crippen LogP contribution in [0.25, 0.3) is 0 Å². The Morgan fingerprint density at radius 2 is 2.12 bits per heavy atom. The van der Waals surface area contributed by atoms with Gasteiger partial charge < -0.3 is 5.73 Å². The number of nitrogen functional groups attached to an aromatic ring is 1. The normalized spacial score (nSPS) is 18.2. The van der Waals surface area contributed by atoms with Crippen molar-refractivity contribution in [3.8, 4) is 0 Å². The smallest absolute Gasteiger partial charge is 0.266 e. The third kappa shape index (κ3) is 2.62. The highest BCUT2D eigenvalue weighted by Gasteiger charge is 2.29. The van der Waals surface area contributed by atoms with Crippen molar-refractivity contribution in [3.05, 3.63) is 22.7 Å². The third-order valence-corrected chi connectivity index (χ3v) is 5.13. The number of nitrogens with zero attached hydrogens (tertiary/aromatic N) is 1. The molecule has 1 heterocycles. The van der Waals surface area contributed by atoms with E-state index in [-0.39, 0.29) is 4.90 Å². The highest BCUT2D eigenvalue weighted by Crippen LogP contribution is 2.28.